The van der Waals surface area contributed by atoms with E-state index in [0.29, 0.717) is 11.4 Å². The van der Waals surface area contributed by atoms with E-state index in [2.05, 4.69) is 40.8 Å². The number of pyridine rings is 1. The Hall–Kier alpha value is -3.63. The van der Waals surface area contributed by atoms with Gasteiger partial charge in [-0.15, -0.1) is 5.10 Å². The number of carbonyl (C=O) groups is 1. The topological polar surface area (TPSA) is 150 Å². The Kier molecular flexibility index (Phi) is 3.97. The number of rotatable bonds is 4. The van der Waals surface area contributed by atoms with Crippen molar-refractivity contribution >= 4 is 17.4 Å². The molecule has 0 aliphatic heterocycles. The first-order valence-corrected chi connectivity index (χ1v) is 6.83. The predicted octanol–water partition coefficient (Wildman–Crippen LogP) is 0.0899. The van der Waals surface area contributed by atoms with Crippen LogP contribution in [0, 0.1) is 6.92 Å². The van der Waals surface area contributed by atoms with Crippen molar-refractivity contribution in [3.8, 4) is 5.82 Å². The molecule has 0 saturated carbocycles. The van der Waals surface area contributed by atoms with Gasteiger partial charge in [0.1, 0.15) is 0 Å². The maximum Gasteiger partial charge on any atom is 0.292 e. The molecule has 3 aromatic rings. The molecule has 3 rings (SSSR count). The van der Waals surface area contributed by atoms with Gasteiger partial charge in [0, 0.05) is 18.0 Å². The molecule has 0 bridgehead atoms. The summed E-state index contributed by atoms with van der Waals surface area (Å²) in [5.41, 5.74) is 10.0. The number of nitrogen functional groups attached to an aromatic ring is 1. The van der Waals surface area contributed by atoms with Crippen LogP contribution in [0.1, 0.15) is 28.7 Å². The summed E-state index contributed by atoms with van der Waals surface area (Å²) in [5, 5.41) is 18.8. The smallest absolute Gasteiger partial charge is 0.292 e. The number of hydrogen-bond donors (Lipinski definition) is 2. The van der Waals surface area contributed by atoms with Crippen LogP contribution in [-0.2, 0) is 0 Å². The number of amides is 1. The molecule has 1 amide bonds. The zero-order valence-corrected chi connectivity index (χ0v) is 12.8. The third-order valence-corrected chi connectivity index (χ3v) is 3.17. The fourth-order valence-electron chi connectivity index (χ4n) is 1.95. The molecule has 3 N–H and O–H groups in total. The third-order valence-electron chi connectivity index (χ3n) is 3.17. The average molecular weight is 327 g/mol. The van der Waals surface area contributed by atoms with Gasteiger partial charge in [0.25, 0.3) is 5.91 Å². The van der Waals surface area contributed by atoms with Crippen molar-refractivity contribution < 1.29 is 9.42 Å². The molecule has 24 heavy (non-hydrogen) atoms. The van der Waals surface area contributed by atoms with E-state index < -0.39 is 5.91 Å². The third kappa shape index (κ3) is 2.82. The van der Waals surface area contributed by atoms with E-state index >= 15 is 0 Å². The lowest BCUT2D eigenvalue weighted by atomic mass is 10.2. The van der Waals surface area contributed by atoms with Crippen LogP contribution >= 0.6 is 0 Å². The van der Waals surface area contributed by atoms with Crippen LogP contribution in [-0.4, -0.2) is 41.9 Å². The second-order valence-electron chi connectivity index (χ2n) is 4.78. The highest BCUT2D eigenvalue weighted by Crippen LogP contribution is 2.15. The Morgan fingerprint density at radius 3 is 2.75 bits per heavy atom. The van der Waals surface area contributed by atoms with Gasteiger partial charge in [-0.05, 0) is 36.3 Å². The van der Waals surface area contributed by atoms with Crippen LogP contribution in [0.25, 0.3) is 5.82 Å². The number of nitrogens with zero attached hydrogens (tertiary/aromatic N) is 7. The molecule has 11 heteroatoms. The van der Waals surface area contributed by atoms with E-state index in [4.69, 9.17) is 5.73 Å². The summed E-state index contributed by atoms with van der Waals surface area (Å²) < 4.78 is 5.67. The highest BCUT2D eigenvalue weighted by molar-refractivity contribution is 6.00. The summed E-state index contributed by atoms with van der Waals surface area (Å²) in [6.45, 7) is 3.39. The van der Waals surface area contributed by atoms with Crippen molar-refractivity contribution in [1.82, 2.24) is 35.7 Å². The second kappa shape index (κ2) is 6.24. The van der Waals surface area contributed by atoms with Crippen molar-refractivity contribution in [3.63, 3.8) is 0 Å². The van der Waals surface area contributed by atoms with Crippen molar-refractivity contribution in [1.29, 1.82) is 0 Å². The molecule has 0 saturated heterocycles. The molecular weight excluding hydrogens is 314 g/mol. The van der Waals surface area contributed by atoms with Gasteiger partial charge in [0.05, 0.1) is 11.4 Å². The predicted molar refractivity (Wildman–Crippen MR) is 82.3 cm³/mol. The van der Waals surface area contributed by atoms with Crippen molar-refractivity contribution in [2.24, 2.45) is 5.10 Å². The summed E-state index contributed by atoms with van der Waals surface area (Å²) >= 11 is 0. The van der Waals surface area contributed by atoms with E-state index in [1.165, 1.54) is 0 Å². The highest BCUT2D eigenvalue weighted by Gasteiger charge is 2.22. The molecule has 3 aromatic heterocycles. The molecule has 0 aromatic carbocycles. The fourth-order valence-corrected chi connectivity index (χ4v) is 1.95. The number of carbonyl (C=O) groups excluding carboxylic acids is 1. The lowest BCUT2D eigenvalue weighted by molar-refractivity contribution is 0.0946. The second-order valence-corrected chi connectivity index (χ2v) is 4.78. The molecule has 0 atom stereocenters. The van der Waals surface area contributed by atoms with E-state index in [1.54, 1.807) is 38.4 Å². The van der Waals surface area contributed by atoms with Crippen LogP contribution in [0.5, 0.6) is 0 Å². The lowest BCUT2D eigenvalue weighted by Crippen LogP contribution is -2.24. The van der Waals surface area contributed by atoms with E-state index in [1.807, 2.05) is 0 Å². The SMILES string of the molecule is C/C(=N\NC(=O)c1c(C)nnn1-c1nonc1N)c1ccncc1. The van der Waals surface area contributed by atoms with E-state index in [0.717, 1.165) is 10.2 Å². The highest BCUT2D eigenvalue weighted by atomic mass is 16.6. The van der Waals surface area contributed by atoms with Gasteiger partial charge in [-0.3, -0.25) is 9.78 Å². The van der Waals surface area contributed by atoms with Crippen LogP contribution in [0.15, 0.2) is 34.3 Å². The summed E-state index contributed by atoms with van der Waals surface area (Å²) in [5.74, 6) is -0.450. The largest absolute Gasteiger partial charge is 0.378 e. The Labute approximate surface area is 135 Å². The number of nitrogens with two attached hydrogens (primary N) is 1. The van der Waals surface area contributed by atoms with Crippen molar-refractivity contribution in [2.75, 3.05) is 5.73 Å². The van der Waals surface area contributed by atoms with Crippen LogP contribution in [0.3, 0.4) is 0 Å². The van der Waals surface area contributed by atoms with Gasteiger partial charge in [-0.2, -0.15) is 9.78 Å². The van der Waals surface area contributed by atoms with Gasteiger partial charge < -0.3 is 5.73 Å². The molecule has 0 aliphatic rings. The molecule has 0 spiro atoms. The lowest BCUT2D eigenvalue weighted by Gasteiger charge is -2.04. The number of anilines is 1. The number of hydrogen-bond acceptors (Lipinski definition) is 9. The van der Waals surface area contributed by atoms with Crippen molar-refractivity contribution in [2.45, 2.75) is 13.8 Å². The zero-order valence-electron chi connectivity index (χ0n) is 12.8. The molecule has 11 nitrogen and oxygen atoms in total. The number of nitrogens with one attached hydrogen (secondary N) is 1. The van der Waals surface area contributed by atoms with Gasteiger partial charge in [-0.25, -0.2) is 10.1 Å². The zero-order chi connectivity index (χ0) is 17.1. The summed E-state index contributed by atoms with van der Waals surface area (Å²) in [6, 6.07) is 3.56. The summed E-state index contributed by atoms with van der Waals surface area (Å²) in [6.07, 6.45) is 3.28. The number of aromatic nitrogens is 6. The molecule has 0 radical (unpaired) electrons. The van der Waals surface area contributed by atoms with Gasteiger partial charge in [-0.1, -0.05) is 5.21 Å². The Morgan fingerprint density at radius 2 is 2.08 bits per heavy atom. The van der Waals surface area contributed by atoms with Crippen LogP contribution < -0.4 is 11.2 Å². The monoisotopic (exact) mass is 327 g/mol. The first kappa shape index (κ1) is 15.3. The minimum atomic E-state index is -0.520. The molecule has 0 aliphatic carbocycles. The minimum absolute atomic E-state index is 0.00887. The summed E-state index contributed by atoms with van der Waals surface area (Å²) in [4.78, 5) is 16.4. The fraction of sp³-hybridized carbons (Fsp3) is 0.154. The molecular formula is C13H13N9O2. The normalized spacial score (nSPS) is 11.5. The number of hydrazone groups is 1. The Bertz CT molecular complexity index is 897. The maximum absolute atomic E-state index is 12.4. The van der Waals surface area contributed by atoms with Gasteiger partial charge in [0.2, 0.25) is 11.6 Å². The van der Waals surface area contributed by atoms with Gasteiger partial charge >= 0.3 is 0 Å². The summed E-state index contributed by atoms with van der Waals surface area (Å²) in [7, 11) is 0. The average Bonchev–Trinajstić information content (AvgIpc) is 3.18. The molecule has 122 valence electrons. The first-order valence-electron chi connectivity index (χ1n) is 6.83. The van der Waals surface area contributed by atoms with Crippen LogP contribution in [0.4, 0.5) is 5.82 Å². The van der Waals surface area contributed by atoms with E-state index in [-0.39, 0.29) is 17.3 Å². The van der Waals surface area contributed by atoms with Crippen LogP contribution in [0.2, 0.25) is 0 Å². The first-order chi connectivity index (χ1) is 11.6. The quantitative estimate of drug-likeness (QED) is 0.505. The van der Waals surface area contributed by atoms with Gasteiger partial charge in [0.15, 0.2) is 5.69 Å². The molecule has 0 fully saturated rings. The maximum atomic E-state index is 12.4. The molecule has 0 unspecified atom stereocenters. The molecule has 3 heterocycles. The standard InChI is InChI=1S/C13H13N9O2/c1-7(9-3-5-15-6-4-9)16-18-13(23)10-8(2)17-21-22(10)12-11(14)19-24-20-12/h3-6H,1-2H3,(H2,14,19)(H,18,23)/b16-7+. The van der Waals surface area contributed by atoms with E-state index in [9.17, 15) is 4.79 Å². The number of aryl methyl sites for hydroxylation is 1. The van der Waals surface area contributed by atoms with Crippen molar-refractivity contribution in [3.05, 3.63) is 41.5 Å². The Balaban J connectivity index is 1.86. The Morgan fingerprint density at radius 1 is 1.33 bits per heavy atom. The minimum Gasteiger partial charge on any atom is -0.378 e.